The van der Waals surface area contributed by atoms with Gasteiger partial charge in [0.25, 0.3) is 0 Å². The van der Waals surface area contributed by atoms with Crippen LogP contribution in [-0.2, 0) is 4.79 Å². The van der Waals surface area contributed by atoms with Gasteiger partial charge in [0.2, 0.25) is 5.91 Å². The van der Waals surface area contributed by atoms with E-state index in [-0.39, 0.29) is 11.4 Å². The SMILES string of the molecule is N#CC(C(=O)Nc1ccccc1F)c1ccc(F)cn1. The van der Waals surface area contributed by atoms with Crippen molar-refractivity contribution in [1.29, 1.82) is 5.26 Å². The first-order chi connectivity index (χ1) is 9.61. The maximum absolute atomic E-state index is 13.4. The van der Waals surface area contributed by atoms with Crippen molar-refractivity contribution in [1.82, 2.24) is 4.98 Å². The predicted octanol–water partition coefficient (Wildman–Crippen LogP) is 2.61. The van der Waals surface area contributed by atoms with E-state index >= 15 is 0 Å². The van der Waals surface area contributed by atoms with Crippen LogP contribution in [-0.4, -0.2) is 10.9 Å². The van der Waals surface area contributed by atoms with Crippen LogP contribution < -0.4 is 5.32 Å². The molecule has 1 atom stereocenters. The van der Waals surface area contributed by atoms with Crippen LogP contribution in [0.25, 0.3) is 0 Å². The number of nitrogens with one attached hydrogen (secondary N) is 1. The van der Waals surface area contributed by atoms with Crippen molar-refractivity contribution >= 4 is 11.6 Å². The van der Waals surface area contributed by atoms with Gasteiger partial charge in [-0.2, -0.15) is 5.26 Å². The number of halogens is 2. The van der Waals surface area contributed by atoms with Gasteiger partial charge in [-0.1, -0.05) is 12.1 Å². The lowest BCUT2D eigenvalue weighted by Crippen LogP contribution is -2.21. The van der Waals surface area contributed by atoms with Crippen LogP contribution in [0.2, 0.25) is 0 Å². The molecular formula is C14H9F2N3O. The zero-order valence-electron chi connectivity index (χ0n) is 10.2. The van der Waals surface area contributed by atoms with Gasteiger partial charge in [0.1, 0.15) is 11.6 Å². The number of carbonyl (C=O) groups excluding carboxylic acids is 1. The molecule has 1 N–H and O–H groups in total. The highest BCUT2D eigenvalue weighted by Gasteiger charge is 2.22. The Morgan fingerprint density at radius 2 is 2.00 bits per heavy atom. The quantitative estimate of drug-likeness (QED) is 0.934. The minimum atomic E-state index is -1.24. The van der Waals surface area contributed by atoms with Crippen molar-refractivity contribution in [2.45, 2.75) is 5.92 Å². The molecule has 4 nitrogen and oxygen atoms in total. The summed E-state index contributed by atoms with van der Waals surface area (Å²) in [7, 11) is 0. The van der Waals surface area contributed by atoms with E-state index in [9.17, 15) is 13.6 Å². The first-order valence-corrected chi connectivity index (χ1v) is 5.68. The maximum atomic E-state index is 13.4. The van der Waals surface area contributed by atoms with Gasteiger partial charge in [-0.25, -0.2) is 8.78 Å². The molecule has 2 rings (SSSR count). The van der Waals surface area contributed by atoms with E-state index in [2.05, 4.69) is 10.3 Å². The highest BCUT2D eigenvalue weighted by Crippen LogP contribution is 2.18. The fourth-order valence-corrected chi connectivity index (χ4v) is 1.58. The van der Waals surface area contributed by atoms with Crippen LogP contribution in [0.1, 0.15) is 11.6 Å². The first-order valence-electron chi connectivity index (χ1n) is 5.68. The molecule has 0 fully saturated rings. The molecule has 1 heterocycles. The summed E-state index contributed by atoms with van der Waals surface area (Å²) in [4.78, 5) is 15.6. The van der Waals surface area contributed by atoms with E-state index in [4.69, 9.17) is 5.26 Å². The van der Waals surface area contributed by atoms with Crippen LogP contribution in [0.5, 0.6) is 0 Å². The van der Waals surface area contributed by atoms with E-state index in [1.165, 1.54) is 24.3 Å². The molecule has 0 aliphatic rings. The topological polar surface area (TPSA) is 65.8 Å². The second-order valence-electron chi connectivity index (χ2n) is 3.93. The average Bonchev–Trinajstić information content (AvgIpc) is 2.44. The number of rotatable bonds is 3. The Labute approximate surface area is 113 Å². The molecule has 1 amide bonds. The van der Waals surface area contributed by atoms with E-state index in [0.29, 0.717) is 0 Å². The monoisotopic (exact) mass is 273 g/mol. The van der Waals surface area contributed by atoms with Gasteiger partial charge < -0.3 is 5.32 Å². The third-order valence-corrected chi connectivity index (χ3v) is 2.57. The normalized spacial score (nSPS) is 11.4. The summed E-state index contributed by atoms with van der Waals surface area (Å²) in [5, 5.41) is 11.3. The Bertz CT molecular complexity index is 665. The van der Waals surface area contributed by atoms with Crippen LogP contribution >= 0.6 is 0 Å². The summed E-state index contributed by atoms with van der Waals surface area (Å²) < 4.78 is 26.2. The smallest absolute Gasteiger partial charge is 0.247 e. The number of hydrogen-bond donors (Lipinski definition) is 1. The van der Waals surface area contributed by atoms with Crippen molar-refractivity contribution in [3.8, 4) is 6.07 Å². The third-order valence-electron chi connectivity index (χ3n) is 2.57. The summed E-state index contributed by atoms with van der Waals surface area (Å²) in [5.41, 5.74) is 0.0719. The fourth-order valence-electron chi connectivity index (χ4n) is 1.58. The zero-order valence-corrected chi connectivity index (χ0v) is 10.2. The minimum Gasteiger partial charge on any atom is -0.322 e. The highest BCUT2D eigenvalue weighted by atomic mass is 19.1. The van der Waals surface area contributed by atoms with Crippen molar-refractivity contribution < 1.29 is 13.6 Å². The number of benzene rings is 1. The van der Waals surface area contributed by atoms with Gasteiger partial charge in [0, 0.05) is 0 Å². The number of para-hydroxylation sites is 1. The number of anilines is 1. The Kier molecular flexibility index (Phi) is 4.01. The lowest BCUT2D eigenvalue weighted by atomic mass is 10.1. The summed E-state index contributed by atoms with van der Waals surface area (Å²) in [6.45, 7) is 0. The number of nitrogens with zero attached hydrogens (tertiary/aromatic N) is 2. The second kappa shape index (κ2) is 5.89. The molecule has 20 heavy (non-hydrogen) atoms. The lowest BCUT2D eigenvalue weighted by Gasteiger charge is -2.10. The summed E-state index contributed by atoms with van der Waals surface area (Å²) in [6, 6.07) is 9.69. The molecule has 0 saturated heterocycles. The Balaban J connectivity index is 2.20. The summed E-state index contributed by atoms with van der Waals surface area (Å²) in [5.74, 6) is -3.14. The molecular weight excluding hydrogens is 264 g/mol. The molecule has 0 spiro atoms. The number of pyridine rings is 1. The van der Waals surface area contributed by atoms with E-state index < -0.39 is 23.5 Å². The summed E-state index contributed by atoms with van der Waals surface area (Å²) in [6.07, 6.45) is 0.913. The number of carbonyl (C=O) groups is 1. The number of hydrogen-bond acceptors (Lipinski definition) is 3. The van der Waals surface area contributed by atoms with Crippen molar-refractivity contribution in [3.05, 3.63) is 59.9 Å². The summed E-state index contributed by atoms with van der Waals surface area (Å²) >= 11 is 0. The molecule has 0 aliphatic heterocycles. The number of aromatic nitrogens is 1. The molecule has 0 aliphatic carbocycles. The Morgan fingerprint density at radius 1 is 1.25 bits per heavy atom. The number of amides is 1. The average molecular weight is 273 g/mol. The Morgan fingerprint density at radius 3 is 2.60 bits per heavy atom. The van der Waals surface area contributed by atoms with Gasteiger partial charge >= 0.3 is 0 Å². The van der Waals surface area contributed by atoms with Gasteiger partial charge in [-0.3, -0.25) is 9.78 Å². The van der Waals surface area contributed by atoms with Gasteiger partial charge in [0.15, 0.2) is 5.92 Å². The van der Waals surface area contributed by atoms with Crippen molar-refractivity contribution in [2.75, 3.05) is 5.32 Å². The third kappa shape index (κ3) is 2.95. The minimum absolute atomic E-state index is 0.0279. The molecule has 0 bridgehead atoms. The molecule has 100 valence electrons. The lowest BCUT2D eigenvalue weighted by molar-refractivity contribution is -0.116. The van der Waals surface area contributed by atoms with Gasteiger partial charge in [0.05, 0.1) is 23.6 Å². The highest BCUT2D eigenvalue weighted by molar-refractivity contribution is 5.97. The standard InChI is InChI=1S/C14H9F2N3O/c15-9-5-6-12(18-8-9)10(7-17)14(20)19-13-4-2-1-3-11(13)16/h1-6,8,10H,(H,19,20). The maximum Gasteiger partial charge on any atom is 0.247 e. The molecule has 1 unspecified atom stereocenters. The molecule has 1 aromatic heterocycles. The molecule has 2 aromatic rings. The molecule has 6 heteroatoms. The van der Waals surface area contributed by atoms with Crippen LogP contribution in [0.4, 0.5) is 14.5 Å². The van der Waals surface area contributed by atoms with Crippen LogP contribution in [0.3, 0.4) is 0 Å². The van der Waals surface area contributed by atoms with E-state index in [1.54, 1.807) is 12.1 Å². The largest absolute Gasteiger partial charge is 0.322 e. The number of nitriles is 1. The van der Waals surface area contributed by atoms with E-state index in [0.717, 1.165) is 12.3 Å². The molecule has 0 saturated carbocycles. The van der Waals surface area contributed by atoms with Crippen molar-refractivity contribution in [3.63, 3.8) is 0 Å². The first kappa shape index (κ1) is 13.6. The van der Waals surface area contributed by atoms with Crippen molar-refractivity contribution in [2.24, 2.45) is 0 Å². The Hall–Kier alpha value is -2.81. The van der Waals surface area contributed by atoms with Crippen LogP contribution in [0.15, 0.2) is 42.6 Å². The second-order valence-corrected chi connectivity index (χ2v) is 3.93. The van der Waals surface area contributed by atoms with Gasteiger partial charge in [-0.15, -0.1) is 0 Å². The fraction of sp³-hybridized carbons (Fsp3) is 0.0714. The van der Waals surface area contributed by atoms with Gasteiger partial charge in [-0.05, 0) is 24.3 Å². The molecule has 1 aromatic carbocycles. The van der Waals surface area contributed by atoms with E-state index in [1.807, 2.05) is 0 Å². The zero-order chi connectivity index (χ0) is 14.5. The predicted molar refractivity (Wildman–Crippen MR) is 67.6 cm³/mol. The van der Waals surface area contributed by atoms with Crippen LogP contribution in [0, 0.1) is 23.0 Å². The molecule has 0 radical (unpaired) electrons.